The van der Waals surface area contributed by atoms with Crippen LogP contribution in [0.5, 0.6) is 0 Å². The molecule has 3 aliphatic rings. The number of hydrogen-bond donors (Lipinski definition) is 0. The summed E-state index contributed by atoms with van der Waals surface area (Å²) in [6.07, 6.45) is 9.62. The highest BCUT2D eigenvalue weighted by atomic mass is 28.4. The predicted molar refractivity (Wildman–Crippen MR) is 131 cm³/mol. The van der Waals surface area contributed by atoms with Crippen LogP contribution in [-0.4, -0.2) is 45.2 Å². The Balaban J connectivity index is 1.72. The van der Waals surface area contributed by atoms with Crippen LogP contribution in [0.2, 0.25) is 23.8 Å². The first-order chi connectivity index (χ1) is 14.5. The van der Waals surface area contributed by atoms with E-state index in [0.29, 0.717) is 0 Å². The van der Waals surface area contributed by atoms with Crippen LogP contribution >= 0.6 is 0 Å². The maximum Gasteiger partial charge on any atom is 0.224 e. The fourth-order valence-corrected chi connectivity index (χ4v) is 18.2. The molecule has 3 fully saturated rings. The second kappa shape index (κ2) is 9.96. The third-order valence-electron chi connectivity index (χ3n) is 6.92. The molecule has 0 aliphatic carbocycles. The lowest BCUT2D eigenvalue weighted by atomic mass is 10.0. The summed E-state index contributed by atoms with van der Waals surface area (Å²) in [7, 11) is -3.69. The van der Waals surface area contributed by atoms with Gasteiger partial charge in [0.2, 0.25) is 26.4 Å². The zero-order chi connectivity index (χ0) is 21.0. The molecule has 3 saturated heterocycles. The van der Waals surface area contributed by atoms with Gasteiger partial charge in [-0.1, -0.05) is 50.1 Å². The Bertz CT molecular complexity index is 726. The molecule has 0 amide bonds. The van der Waals surface area contributed by atoms with E-state index in [2.05, 4.69) is 44.7 Å². The van der Waals surface area contributed by atoms with Crippen molar-refractivity contribution in [2.45, 2.75) is 87.8 Å². The van der Waals surface area contributed by atoms with Crippen molar-refractivity contribution in [3.8, 4) is 0 Å². The summed E-state index contributed by atoms with van der Waals surface area (Å²) in [5.41, 5.74) is 3.99. The Morgan fingerprint density at radius 1 is 1.03 bits per heavy atom. The van der Waals surface area contributed by atoms with Gasteiger partial charge in [-0.15, -0.1) is 0 Å². The van der Waals surface area contributed by atoms with Gasteiger partial charge in [0.15, 0.2) is 0 Å². The van der Waals surface area contributed by atoms with Gasteiger partial charge in [0.05, 0.1) is 5.60 Å². The fourth-order valence-electron chi connectivity index (χ4n) is 5.48. The molecule has 0 N–H and O–H groups in total. The first-order valence-electron chi connectivity index (χ1n) is 11.9. The summed E-state index contributed by atoms with van der Waals surface area (Å²) in [5, 5.41) is 1.55. The normalized spacial score (nSPS) is 28.3. The first kappa shape index (κ1) is 22.7. The lowest BCUT2D eigenvalue weighted by molar-refractivity contribution is 0.0735. The molecule has 0 spiro atoms. The minimum Gasteiger partial charge on any atom is -0.417 e. The Morgan fingerprint density at radius 2 is 1.77 bits per heavy atom. The summed E-state index contributed by atoms with van der Waals surface area (Å²) in [6, 6.07) is 11.8. The number of hydrogen-bond acceptors (Lipinski definition) is 3. The van der Waals surface area contributed by atoms with E-state index in [1.165, 1.54) is 73.5 Å². The van der Waals surface area contributed by atoms with Gasteiger partial charge >= 0.3 is 0 Å². The smallest absolute Gasteiger partial charge is 0.224 e. The Kier molecular flexibility index (Phi) is 7.53. The molecule has 1 unspecified atom stereocenters. The lowest BCUT2D eigenvalue weighted by Gasteiger charge is -2.46. The van der Waals surface area contributed by atoms with E-state index in [-0.39, 0.29) is 5.60 Å². The highest BCUT2D eigenvalue weighted by molar-refractivity contribution is 6.94. The molecule has 1 aromatic carbocycles. The standard InChI is InChI=1S/C24H38O3Si3/c1-4-21-11-9-12-23(22(21)19-28-16-7-5-14-25-28)30(18-10-13-24(2,3)27-30)20-29-17-8-6-15-26-29/h4,9,11-12H,1,5-8,10,13-20H2,2-3H3. The van der Waals surface area contributed by atoms with E-state index >= 15 is 0 Å². The fraction of sp³-hybridized carbons (Fsp3) is 0.667. The van der Waals surface area contributed by atoms with E-state index in [1.54, 1.807) is 5.19 Å². The zero-order valence-corrected chi connectivity index (χ0v) is 21.9. The van der Waals surface area contributed by atoms with Crippen LogP contribution in [0.15, 0.2) is 24.8 Å². The largest absolute Gasteiger partial charge is 0.417 e. The highest BCUT2D eigenvalue weighted by Gasteiger charge is 2.48. The van der Waals surface area contributed by atoms with Crippen LogP contribution in [0.4, 0.5) is 0 Å². The molecule has 3 heterocycles. The highest BCUT2D eigenvalue weighted by Crippen LogP contribution is 2.38. The minimum atomic E-state index is -2.13. The first-order valence-corrected chi connectivity index (χ1v) is 17.9. The molecular formula is C24H38O3Si3. The molecule has 6 heteroatoms. The average Bonchev–Trinajstić information content (AvgIpc) is 2.74. The molecule has 0 aromatic heterocycles. The molecule has 1 atom stereocenters. The summed E-state index contributed by atoms with van der Waals surface area (Å²) >= 11 is 0. The molecule has 4 rings (SSSR count). The van der Waals surface area contributed by atoms with Crippen LogP contribution < -0.4 is 5.19 Å². The van der Waals surface area contributed by atoms with Gasteiger partial charge in [-0.25, -0.2) is 0 Å². The monoisotopic (exact) mass is 458 g/mol. The van der Waals surface area contributed by atoms with Crippen LogP contribution in [0.1, 0.15) is 63.5 Å². The Hall–Kier alpha value is -0.509. The summed E-state index contributed by atoms with van der Waals surface area (Å²) < 4.78 is 19.8. The summed E-state index contributed by atoms with van der Waals surface area (Å²) in [5.74, 6) is 0. The topological polar surface area (TPSA) is 27.7 Å². The minimum absolute atomic E-state index is 0.0290. The molecule has 0 saturated carbocycles. The molecular weight excluding hydrogens is 421 g/mol. The predicted octanol–water partition coefficient (Wildman–Crippen LogP) is 5.30. The van der Waals surface area contributed by atoms with Crippen molar-refractivity contribution in [2.75, 3.05) is 13.2 Å². The van der Waals surface area contributed by atoms with E-state index in [0.717, 1.165) is 19.3 Å². The van der Waals surface area contributed by atoms with Gasteiger partial charge in [0, 0.05) is 13.2 Å². The maximum atomic E-state index is 7.20. The molecule has 3 aliphatic heterocycles. The van der Waals surface area contributed by atoms with Crippen LogP contribution in [0, 0.1) is 0 Å². The van der Waals surface area contributed by atoms with Gasteiger partial charge < -0.3 is 13.3 Å². The molecule has 3 nitrogen and oxygen atoms in total. The van der Waals surface area contributed by atoms with Gasteiger partial charge in [-0.05, 0) is 79.3 Å². The SMILES string of the molecule is C=Cc1cccc([Si]2(C[Si]3CCCCO3)CCCC(C)(C)O2)c1C[Si]1CCCCO1. The second-order valence-corrected chi connectivity index (χ2v) is 18.6. The van der Waals surface area contributed by atoms with Crippen molar-refractivity contribution in [1.82, 2.24) is 0 Å². The van der Waals surface area contributed by atoms with Crippen molar-refractivity contribution in [3.05, 3.63) is 35.9 Å². The van der Waals surface area contributed by atoms with Crippen molar-refractivity contribution in [2.24, 2.45) is 0 Å². The second-order valence-electron chi connectivity index (χ2n) is 9.83. The molecule has 0 bridgehead atoms. The molecule has 164 valence electrons. The third kappa shape index (κ3) is 5.27. The molecule has 2 radical (unpaired) electrons. The van der Waals surface area contributed by atoms with Crippen molar-refractivity contribution in [3.63, 3.8) is 0 Å². The van der Waals surface area contributed by atoms with Gasteiger partial charge in [-0.3, -0.25) is 0 Å². The summed E-state index contributed by atoms with van der Waals surface area (Å²) in [6.45, 7) is 10.7. The maximum absolute atomic E-state index is 7.20. The van der Waals surface area contributed by atoms with Gasteiger partial charge in [-0.2, -0.15) is 0 Å². The van der Waals surface area contributed by atoms with Gasteiger partial charge in [0.1, 0.15) is 0 Å². The zero-order valence-electron chi connectivity index (χ0n) is 18.9. The van der Waals surface area contributed by atoms with E-state index < -0.39 is 26.4 Å². The molecule has 1 aromatic rings. The number of rotatable bonds is 6. The van der Waals surface area contributed by atoms with E-state index in [4.69, 9.17) is 13.3 Å². The van der Waals surface area contributed by atoms with E-state index in [9.17, 15) is 0 Å². The van der Waals surface area contributed by atoms with Crippen LogP contribution in [-0.2, 0) is 19.3 Å². The lowest BCUT2D eigenvalue weighted by Crippen LogP contribution is -2.61. The third-order valence-corrected chi connectivity index (χ3v) is 18.1. The average molecular weight is 459 g/mol. The van der Waals surface area contributed by atoms with Crippen molar-refractivity contribution >= 4 is 37.7 Å². The van der Waals surface area contributed by atoms with Gasteiger partial charge in [0.25, 0.3) is 0 Å². The van der Waals surface area contributed by atoms with Crippen molar-refractivity contribution < 1.29 is 13.3 Å². The number of benzene rings is 1. The van der Waals surface area contributed by atoms with Crippen molar-refractivity contribution in [1.29, 1.82) is 0 Å². The summed E-state index contributed by atoms with van der Waals surface area (Å²) in [4.78, 5) is 0. The van der Waals surface area contributed by atoms with E-state index in [1.807, 2.05) is 0 Å². The Labute approximate surface area is 187 Å². The molecule has 30 heavy (non-hydrogen) atoms. The van der Waals surface area contributed by atoms with Crippen LogP contribution in [0.3, 0.4) is 0 Å². The Morgan fingerprint density at radius 3 is 2.40 bits per heavy atom. The quantitative estimate of drug-likeness (QED) is 0.542. The van der Waals surface area contributed by atoms with Crippen LogP contribution in [0.25, 0.3) is 6.08 Å².